The first-order valence-electron chi connectivity index (χ1n) is 2.68. The molecule has 0 bridgehead atoms. The average Bonchev–Trinajstić information content (AvgIpc) is 1.61. The lowest BCUT2D eigenvalue weighted by atomic mass is 10.6. The molecule has 0 heterocycles. The average molecular weight is 120 g/mol. The molecule has 0 radical (unpaired) electrons. The van der Waals surface area contributed by atoms with Crippen molar-refractivity contribution in [1.29, 1.82) is 0 Å². The molecule has 3 N–H and O–H groups in total. The van der Waals surface area contributed by atoms with Gasteiger partial charge in [-0.15, -0.1) is 0 Å². The van der Waals surface area contributed by atoms with Crippen molar-refractivity contribution in [3.63, 3.8) is 0 Å². The predicted molar refractivity (Wildman–Crippen MR) is 35.3 cm³/mol. The van der Waals surface area contributed by atoms with E-state index < -0.39 is 0 Å². The second-order valence-corrected chi connectivity index (χ2v) is 3.46. The summed E-state index contributed by atoms with van der Waals surface area (Å²) in [5.74, 6) is 1.21. The lowest BCUT2D eigenvalue weighted by Gasteiger charge is -1.98. The topological polar surface area (TPSA) is 27.6 Å². The van der Waals surface area contributed by atoms with Gasteiger partial charge in [-0.25, -0.2) is 0 Å². The van der Waals surface area contributed by atoms with Crippen LogP contribution in [0.5, 0.6) is 0 Å². The van der Waals surface area contributed by atoms with Crippen LogP contribution in [0, 0.1) is 0 Å². The normalized spacial score (nSPS) is 10.3. The summed E-state index contributed by atoms with van der Waals surface area (Å²) in [5.41, 5.74) is 3.74. The zero-order valence-corrected chi connectivity index (χ0v) is 5.92. The Morgan fingerprint density at radius 1 is 1.57 bits per heavy atom. The van der Waals surface area contributed by atoms with Gasteiger partial charge in [0.05, 0.1) is 6.54 Å². The molecule has 0 spiro atoms. The molecule has 0 amide bonds. The lowest BCUT2D eigenvalue weighted by molar-refractivity contribution is -0.360. The summed E-state index contributed by atoms with van der Waals surface area (Å²) in [6.07, 6.45) is 0. The molecule has 0 atom stereocenters. The number of rotatable bonds is 3. The first-order valence-corrected chi connectivity index (χ1v) is 3.73. The quantitative estimate of drug-likeness (QED) is 0.572. The molecule has 0 aliphatic rings. The first-order chi connectivity index (χ1) is 3.27. The van der Waals surface area contributed by atoms with Crippen molar-refractivity contribution >= 4 is 11.8 Å². The van der Waals surface area contributed by atoms with Crippen LogP contribution in [-0.2, 0) is 0 Å². The maximum absolute atomic E-state index is 3.74. The molecule has 44 valence electrons. The van der Waals surface area contributed by atoms with E-state index in [1.807, 2.05) is 11.8 Å². The van der Waals surface area contributed by atoms with E-state index in [0.717, 1.165) is 11.8 Å². The predicted octanol–water partition coefficient (Wildman–Crippen LogP) is 0.370. The number of quaternary nitrogens is 1. The van der Waals surface area contributed by atoms with Gasteiger partial charge in [0.15, 0.2) is 0 Å². The van der Waals surface area contributed by atoms with Crippen molar-refractivity contribution in [2.24, 2.45) is 0 Å². The van der Waals surface area contributed by atoms with E-state index in [4.69, 9.17) is 0 Å². The fourth-order valence-corrected chi connectivity index (χ4v) is 0.957. The summed E-state index contributed by atoms with van der Waals surface area (Å²) in [7, 11) is 0. The van der Waals surface area contributed by atoms with Gasteiger partial charge >= 0.3 is 0 Å². The van der Waals surface area contributed by atoms with Crippen LogP contribution in [0.25, 0.3) is 0 Å². The Morgan fingerprint density at radius 2 is 2.14 bits per heavy atom. The highest BCUT2D eigenvalue weighted by atomic mass is 32.2. The highest BCUT2D eigenvalue weighted by molar-refractivity contribution is 7.99. The molecule has 1 nitrogen and oxygen atoms in total. The second kappa shape index (κ2) is 4.47. The van der Waals surface area contributed by atoms with Crippen LogP contribution in [0.1, 0.15) is 13.8 Å². The monoisotopic (exact) mass is 120 g/mol. The van der Waals surface area contributed by atoms with E-state index >= 15 is 0 Å². The molecular formula is C5H14NS+. The summed E-state index contributed by atoms with van der Waals surface area (Å²) >= 11 is 1.97. The van der Waals surface area contributed by atoms with Gasteiger partial charge in [0.1, 0.15) is 0 Å². The van der Waals surface area contributed by atoms with Crippen molar-refractivity contribution in [1.82, 2.24) is 0 Å². The zero-order valence-electron chi connectivity index (χ0n) is 5.11. The van der Waals surface area contributed by atoms with Gasteiger partial charge in [0.25, 0.3) is 0 Å². The van der Waals surface area contributed by atoms with Gasteiger partial charge in [0, 0.05) is 5.75 Å². The molecule has 0 aromatic heterocycles. The summed E-state index contributed by atoms with van der Waals surface area (Å²) in [6.45, 7) is 5.48. The van der Waals surface area contributed by atoms with Crippen LogP contribution < -0.4 is 5.73 Å². The molecule has 0 saturated carbocycles. The molecule has 0 aromatic carbocycles. The standard InChI is InChI=1S/C5H13NS/c1-5(2)7-4-3-6/h5H,3-4,6H2,1-2H3/p+1. The van der Waals surface area contributed by atoms with Gasteiger partial charge in [-0.3, -0.25) is 0 Å². The lowest BCUT2D eigenvalue weighted by Crippen LogP contribution is -2.51. The number of hydrogen-bond acceptors (Lipinski definition) is 1. The Morgan fingerprint density at radius 3 is 2.29 bits per heavy atom. The van der Waals surface area contributed by atoms with E-state index in [2.05, 4.69) is 19.6 Å². The third-order valence-corrected chi connectivity index (χ3v) is 1.79. The van der Waals surface area contributed by atoms with E-state index in [0.29, 0.717) is 0 Å². The Balaban J connectivity index is 2.68. The highest BCUT2D eigenvalue weighted by Crippen LogP contribution is 2.05. The maximum atomic E-state index is 3.74. The van der Waals surface area contributed by atoms with Crippen molar-refractivity contribution in [3.05, 3.63) is 0 Å². The molecular weight excluding hydrogens is 106 g/mol. The van der Waals surface area contributed by atoms with Crippen molar-refractivity contribution in [2.75, 3.05) is 12.3 Å². The van der Waals surface area contributed by atoms with Gasteiger partial charge in [-0.05, 0) is 5.25 Å². The van der Waals surface area contributed by atoms with E-state index in [1.54, 1.807) is 0 Å². The molecule has 0 aliphatic carbocycles. The van der Waals surface area contributed by atoms with Crippen LogP contribution >= 0.6 is 11.8 Å². The van der Waals surface area contributed by atoms with Crippen LogP contribution in [0.2, 0.25) is 0 Å². The third kappa shape index (κ3) is 6.31. The van der Waals surface area contributed by atoms with Crippen molar-refractivity contribution < 1.29 is 5.73 Å². The van der Waals surface area contributed by atoms with Gasteiger partial charge in [-0.1, -0.05) is 13.8 Å². The van der Waals surface area contributed by atoms with Gasteiger partial charge < -0.3 is 5.73 Å². The fraction of sp³-hybridized carbons (Fsp3) is 1.00. The van der Waals surface area contributed by atoms with Crippen molar-refractivity contribution in [2.45, 2.75) is 19.1 Å². The third-order valence-electron chi connectivity index (χ3n) is 0.596. The minimum atomic E-state index is 0.779. The summed E-state index contributed by atoms with van der Waals surface area (Å²) in [6, 6.07) is 0. The van der Waals surface area contributed by atoms with Gasteiger partial charge in [0.2, 0.25) is 0 Å². The Hall–Kier alpha value is 0.310. The minimum Gasteiger partial charge on any atom is -0.357 e. The van der Waals surface area contributed by atoms with Crippen molar-refractivity contribution in [3.8, 4) is 0 Å². The maximum Gasteiger partial charge on any atom is 0.0831 e. The molecule has 2 heteroatoms. The minimum absolute atomic E-state index is 0.779. The second-order valence-electron chi connectivity index (χ2n) is 1.77. The highest BCUT2D eigenvalue weighted by Gasteiger charge is 1.90. The van der Waals surface area contributed by atoms with Crippen LogP contribution in [0.3, 0.4) is 0 Å². The van der Waals surface area contributed by atoms with Crippen LogP contribution in [0.15, 0.2) is 0 Å². The largest absolute Gasteiger partial charge is 0.357 e. The molecule has 0 aliphatic heterocycles. The molecule has 0 saturated heterocycles. The van der Waals surface area contributed by atoms with Crippen LogP contribution in [0.4, 0.5) is 0 Å². The van der Waals surface area contributed by atoms with E-state index in [1.165, 1.54) is 5.75 Å². The summed E-state index contributed by atoms with van der Waals surface area (Å²) in [4.78, 5) is 0. The zero-order chi connectivity index (χ0) is 5.70. The molecule has 7 heavy (non-hydrogen) atoms. The molecule has 0 fully saturated rings. The molecule has 0 rings (SSSR count). The van der Waals surface area contributed by atoms with E-state index in [-0.39, 0.29) is 0 Å². The van der Waals surface area contributed by atoms with E-state index in [9.17, 15) is 0 Å². The fourth-order valence-electron chi connectivity index (χ4n) is 0.319. The Labute approximate surface area is 49.7 Å². The Bertz CT molecular complexity index is 37.1. The molecule has 0 aromatic rings. The smallest absolute Gasteiger partial charge is 0.0831 e. The number of thioether (sulfide) groups is 1. The molecule has 0 unspecified atom stereocenters. The van der Waals surface area contributed by atoms with Gasteiger partial charge in [-0.2, -0.15) is 11.8 Å². The number of hydrogen-bond donors (Lipinski definition) is 1. The summed E-state index contributed by atoms with van der Waals surface area (Å²) in [5, 5.41) is 0.779. The van der Waals surface area contributed by atoms with Crippen LogP contribution in [-0.4, -0.2) is 17.5 Å². The summed E-state index contributed by atoms with van der Waals surface area (Å²) < 4.78 is 0. The first kappa shape index (κ1) is 7.31. The Kier molecular flexibility index (Phi) is 4.67. The SMILES string of the molecule is CC(C)SCC[NH3+].